The number of hydrogen-bond acceptors (Lipinski definition) is 4. The lowest BCUT2D eigenvalue weighted by atomic mass is 10.1. The summed E-state index contributed by atoms with van der Waals surface area (Å²) >= 11 is 0. The molecule has 1 aromatic heterocycles. The molecule has 152 valence electrons. The second kappa shape index (κ2) is 7.67. The molecule has 1 N–H and O–H groups in total. The van der Waals surface area contributed by atoms with Crippen molar-refractivity contribution in [1.29, 1.82) is 0 Å². The second-order valence-corrected chi connectivity index (χ2v) is 7.52. The Morgan fingerprint density at radius 2 is 1.60 bits per heavy atom. The van der Waals surface area contributed by atoms with Crippen LogP contribution in [0, 0.1) is 20.8 Å². The lowest BCUT2D eigenvalue weighted by Gasteiger charge is -2.15. The number of nitrogens with one attached hydrogen (secondary N) is 1. The maximum Gasteiger partial charge on any atom is 0.375 e. The van der Waals surface area contributed by atoms with Crippen LogP contribution in [-0.2, 0) is 9.53 Å². The van der Waals surface area contributed by atoms with Gasteiger partial charge < -0.3 is 14.5 Å². The van der Waals surface area contributed by atoms with Gasteiger partial charge in [-0.2, -0.15) is 0 Å². The standard InChI is InChI=1S/C25H23NO4/c1-14-8-7-9-15(2)21(14)26-24(27)17(4)29-25(28)22-16(3)19-13-12-18-10-5-6-11-20(18)23(19)30-22/h5-13,17H,1-4H3,(H,26,27)/t17-/m1/s1. The van der Waals surface area contributed by atoms with Crippen LogP contribution in [0.4, 0.5) is 5.69 Å². The Hall–Kier alpha value is -3.60. The van der Waals surface area contributed by atoms with Crippen molar-refractivity contribution in [2.75, 3.05) is 5.32 Å². The molecule has 0 aliphatic rings. The average molecular weight is 401 g/mol. The average Bonchev–Trinajstić information content (AvgIpc) is 3.08. The minimum atomic E-state index is -0.971. The molecule has 0 radical (unpaired) electrons. The normalized spacial score (nSPS) is 12.1. The molecular weight excluding hydrogens is 378 g/mol. The molecule has 0 fully saturated rings. The lowest BCUT2D eigenvalue weighted by Crippen LogP contribution is -2.30. The van der Waals surface area contributed by atoms with E-state index < -0.39 is 12.1 Å². The number of rotatable bonds is 4. The molecule has 1 atom stereocenters. The molecule has 4 rings (SSSR count). The van der Waals surface area contributed by atoms with Gasteiger partial charge in [-0.25, -0.2) is 4.79 Å². The van der Waals surface area contributed by atoms with E-state index in [1.807, 2.05) is 75.4 Å². The second-order valence-electron chi connectivity index (χ2n) is 7.52. The number of fused-ring (bicyclic) bond motifs is 3. The van der Waals surface area contributed by atoms with Crippen LogP contribution in [0.25, 0.3) is 21.7 Å². The van der Waals surface area contributed by atoms with Crippen LogP contribution in [0.1, 0.15) is 34.2 Å². The first kappa shape index (κ1) is 19.7. The topological polar surface area (TPSA) is 68.5 Å². The summed E-state index contributed by atoms with van der Waals surface area (Å²) in [5.41, 5.74) is 3.97. The quantitative estimate of drug-likeness (QED) is 0.446. The fourth-order valence-electron chi connectivity index (χ4n) is 3.65. The molecule has 0 saturated carbocycles. The van der Waals surface area contributed by atoms with Gasteiger partial charge in [-0.15, -0.1) is 0 Å². The smallest absolute Gasteiger partial charge is 0.375 e. The summed E-state index contributed by atoms with van der Waals surface area (Å²) in [6.45, 7) is 7.20. The maximum absolute atomic E-state index is 12.8. The Bertz CT molecular complexity index is 1270. The van der Waals surface area contributed by atoms with E-state index in [-0.39, 0.29) is 11.7 Å². The minimum absolute atomic E-state index is 0.119. The highest BCUT2D eigenvalue weighted by Crippen LogP contribution is 2.32. The molecule has 1 amide bonds. The number of anilines is 1. The largest absolute Gasteiger partial charge is 0.448 e. The van der Waals surface area contributed by atoms with Crippen LogP contribution in [0.5, 0.6) is 0 Å². The highest BCUT2D eigenvalue weighted by molar-refractivity contribution is 6.08. The van der Waals surface area contributed by atoms with Gasteiger partial charge in [0.1, 0.15) is 5.58 Å². The highest BCUT2D eigenvalue weighted by Gasteiger charge is 2.25. The van der Waals surface area contributed by atoms with Crippen molar-refractivity contribution in [3.05, 3.63) is 77.0 Å². The fraction of sp³-hybridized carbons (Fsp3) is 0.200. The van der Waals surface area contributed by atoms with Gasteiger partial charge in [0.15, 0.2) is 6.10 Å². The van der Waals surface area contributed by atoms with Gasteiger partial charge in [-0.3, -0.25) is 4.79 Å². The lowest BCUT2D eigenvalue weighted by molar-refractivity contribution is -0.123. The van der Waals surface area contributed by atoms with Gasteiger partial charge in [0.05, 0.1) is 0 Å². The van der Waals surface area contributed by atoms with Crippen molar-refractivity contribution in [2.24, 2.45) is 0 Å². The number of amides is 1. The first-order valence-electron chi connectivity index (χ1n) is 9.85. The van der Waals surface area contributed by atoms with Gasteiger partial charge >= 0.3 is 5.97 Å². The van der Waals surface area contributed by atoms with E-state index in [0.29, 0.717) is 11.1 Å². The number of furan rings is 1. The predicted octanol–water partition coefficient (Wildman–Crippen LogP) is 5.70. The third kappa shape index (κ3) is 3.43. The summed E-state index contributed by atoms with van der Waals surface area (Å²) in [6.07, 6.45) is -0.971. The SMILES string of the molecule is Cc1cccc(C)c1NC(=O)[C@@H](C)OC(=O)c1oc2c(ccc3ccccc32)c1C. The Balaban J connectivity index is 1.57. The van der Waals surface area contributed by atoms with Crippen LogP contribution >= 0.6 is 0 Å². The number of hydrogen-bond donors (Lipinski definition) is 1. The van der Waals surface area contributed by atoms with E-state index in [1.54, 1.807) is 6.92 Å². The van der Waals surface area contributed by atoms with E-state index in [0.717, 1.165) is 33.0 Å². The zero-order valence-electron chi connectivity index (χ0n) is 17.4. The van der Waals surface area contributed by atoms with E-state index in [2.05, 4.69) is 5.32 Å². The molecule has 5 nitrogen and oxygen atoms in total. The first-order chi connectivity index (χ1) is 14.4. The molecule has 0 saturated heterocycles. The monoisotopic (exact) mass is 401 g/mol. The van der Waals surface area contributed by atoms with E-state index >= 15 is 0 Å². The van der Waals surface area contributed by atoms with E-state index in [9.17, 15) is 9.59 Å². The van der Waals surface area contributed by atoms with Crippen molar-refractivity contribution in [3.8, 4) is 0 Å². The van der Waals surface area contributed by atoms with Crippen LogP contribution in [0.2, 0.25) is 0 Å². The van der Waals surface area contributed by atoms with Gasteiger partial charge in [0.2, 0.25) is 5.76 Å². The fourth-order valence-corrected chi connectivity index (χ4v) is 3.65. The maximum atomic E-state index is 12.8. The van der Waals surface area contributed by atoms with Crippen LogP contribution in [-0.4, -0.2) is 18.0 Å². The van der Waals surface area contributed by atoms with Gasteiger partial charge in [-0.1, -0.05) is 54.6 Å². The molecule has 0 unspecified atom stereocenters. The Morgan fingerprint density at radius 3 is 2.33 bits per heavy atom. The molecule has 0 spiro atoms. The van der Waals surface area contributed by atoms with Gasteiger partial charge in [-0.05, 0) is 44.2 Å². The van der Waals surface area contributed by atoms with Crippen LogP contribution in [0.3, 0.4) is 0 Å². The number of aryl methyl sites for hydroxylation is 3. The number of para-hydroxylation sites is 1. The molecule has 30 heavy (non-hydrogen) atoms. The third-order valence-electron chi connectivity index (χ3n) is 5.40. The molecule has 4 aromatic rings. The Kier molecular flexibility index (Phi) is 5.04. The molecule has 3 aromatic carbocycles. The summed E-state index contributed by atoms with van der Waals surface area (Å²) in [7, 11) is 0. The molecule has 0 aliphatic heterocycles. The number of carbonyl (C=O) groups is 2. The predicted molar refractivity (Wildman–Crippen MR) is 118 cm³/mol. The number of benzene rings is 3. The Morgan fingerprint density at radius 1 is 0.900 bits per heavy atom. The molecule has 1 heterocycles. The van der Waals surface area contributed by atoms with Crippen LogP contribution in [0.15, 0.2) is 59.0 Å². The van der Waals surface area contributed by atoms with Crippen molar-refractivity contribution < 1.29 is 18.7 Å². The van der Waals surface area contributed by atoms with E-state index in [4.69, 9.17) is 9.15 Å². The number of ether oxygens (including phenoxy) is 1. The highest BCUT2D eigenvalue weighted by atomic mass is 16.6. The van der Waals surface area contributed by atoms with Gasteiger partial charge in [0.25, 0.3) is 5.91 Å². The zero-order chi connectivity index (χ0) is 21.4. The van der Waals surface area contributed by atoms with Crippen LogP contribution < -0.4 is 5.32 Å². The summed E-state index contributed by atoms with van der Waals surface area (Å²) < 4.78 is 11.3. The third-order valence-corrected chi connectivity index (χ3v) is 5.40. The summed E-state index contributed by atoms with van der Waals surface area (Å²) in [6, 6.07) is 17.5. The van der Waals surface area contributed by atoms with Gasteiger partial charge in [0, 0.05) is 22.0 Å². The van der Waals surface area contributed by atoms with Crippen molar-refractivity contribution in [2.45, 2.75) is 33.8 Å². The zero-order valence-corrected chi connectivity index (χ0v) is 17.4. The minimum Gasteiger partial charge on any atom is -0.448 e. The van der Waals surface area contributed by atoms with Crippen molar-refractivity contribution in [1.82, 2.24) is 0 Å². The van der Waals surface area contributed by atoms with Crippen molar-refractivity contribution in [3.63, 3.8) is 0 Å². The number of carbonyl (C=O) groups excluding carboxylic acids is 2. The van der Waals surface area contributed by atoms with Crippen molar-refractivity contribution >= 4 is 39.3 Å². The first-order valence-corrected chi connectivity index (χ1v) is 9.85. The molecule has 5 heteroatoms. The Labute approximate surface area is 174 Å². The summed E-state index contributed by atoms with van der Waals surface area (Å²) in [4.78, 5) is 25.4. The summed E-state index contributed by atoms with van der Waals surface area (Å²) in [5, 5.41) is 5.67. The molecule has 0 bridgehead atoms. The molecule has 0 aliphatic carbocycles. The number of esters is 1. The summed E-state index contributed by atoms with van der Waals surface area (Å²) in [5.74, 6) is -0.926. The molecular formula is C25H23NO4. The van der Waals surface area contributed by atoms with E-state index in [1.165, 1.54) is 0 Å².